The van der Waals surface area contributed by atoms with Gasteiger partial charge in [-0.3, -0.25) is 0 Å². The first kappa shape index (κ1) is 24.8. The van der Waals surface area contributed by atoms with E-state index < -0.39 is 11.6 Å². The molecule has 1 aromatic rings. The van der Waals surface area contributed by atoms with Crippen molar-refractivity contribution in [3.05, 3.63) is 48.6 Å². The molecule has 0 N–H and O–H groups in total. The average Bonchev–Trinajstić information content (AvgIpc) is 2.65. The third kappa shape index (κ3) is 5.89. The summed E-state index contributed by atoms with van der Waals surface area (Å²) in [6, 6.07) is 3.17. The van der Waals surface area contributed by atoms with E-state index in [0.717, 1.165) is 43.4 Å². The normalized spacial score (nSPS) is 28.3. The smallest absolute Gasteiger partial charge is 0.198 e. The van der Waals surface area contributed by atoms with E-state index in [1.54, 1.807) is 6.07 Å². The van der Waals surface area contributed by atoms with Crippen molar-refractivity contribution in [2.45, 2.75) is 64.2 Å². The van der Waals surface area contributed by atoms with Crippen molar-refractivity contribution < 1.29 is 50.6 Å². The first-order chi connectivity index (χ1) is 12.1. The van der Waals surface area contributed by atoms with Gasteiger partial charge in [-0.15, -0.1) is 0 Å². The number of rotatable bonds is 4. The molecular formula is C22H29F2OV2-. The van der Waals surface area contributed by atoms with E-state index in [-0.39, 0.29) is 48.8 Å². The van der Waals surface area contributed by atoms with Crippen molar-refractivity contribution in [3.63, 3.8) is 0 Å². The van der Waals surface area contributed by atoms with Crippen LogP contribution >= 0.6 is 0 Å². The van der Waals surface area contributed by atoms with Gasteiger partial charge in [-0.1, -0.05) is 18.2 Å². The molecule has 2 radical (unpaired) electrons. The van der Waals surface area contributed by atoms with Crippen LogP contribution in [0.2, 0.25) is 0 Å². The minimum absolute atomic E-state index is 0. The van der Waals surface area contributed by atoms with Crippen LogP contribution in [-0.4, -0.2) is 0 Å². The van der Waals surface area contributed by atoms with Gasteiger partial charge in [-0.05, 0) is 93.6 Å². The Labute approximate surface area is 186 Å². The van der Waals surface area contributed by atoms with Crippen molar-refractivity contribution in [1.29, 1.82) is 0 Å². The van der Waals surface area contributed by atoms with Gasteiger partial charge in [0, 0.05) is 37.1 Å². The first-order valence-corrected chi connectivity index (χ1v) is 9.66. The summed E-state index contributed by atoms with van der Waals surface area (Å²) in [5, 5.41) is 0. The third-order valence-electron chi connectivity index (χ3n) is 6.39. The standard InChI is InChI=1S/C22H29F2O.2V/c1-3-4-15-5-7-16(8-6-15)17-9-11-18(12-10-17)19-13-14-20(25-2)22(24)21(19)23;;/h3-4,13-18H,2,5-12H2,1H3;;/q-1;;/b4-3+;;. The van der Waals surface area contributed by atoms with Crippen molar-refractivity contribution in [2.75, 3.05) is 0 Å². The molecule has 0 aromatic heterocycles. The van der Waals surface area contributed by atoms with Crippen molar-refractivity contribution in [3.8, 4) is 5.75 Å². The van der Waals surface area contributed by atoms with Gasteiger partial charge in [0.05, 0.1) is 0 Å². The molecule has 1 nitrogen and oxygen atoms in total. The SMILES string of the molecule is [CH2-]Oc1ccc(C2CCC(C3CCC(/C=C/C)CC3)CC2)c(F)c1F.[V].[V]. The molecule has 1 aromatic carbocycles. The molecule has 2 aliphatic rings. The number of ether oxygens (including phenoxy) is 1. The summed E-state index contributed by atoms with van der Waals surface area (Å²) in [6.07, 6.45) is 14.0. The van der Waals surface area contributed by atoms with Crippen LogP contribution in [0.3, 0.4) is 0 Å². The van der Waals surface area contributed by atoms with Gasteiger partial charge in [0.25, 0.3) is 0 Å². The van der Waals surface area contributed by atoms with Crippen LogP contribution in [0.5, 0.6) is 5.75 Å². The van der Waals surface area contributed by atoms with Gasteiger partial charge < -0.3 is 4.74 Å². The molecule has 0 amide bonds. The van der Waals surface area contributed by atoms with Crippen LogP contribution in [0.25, 0.3) is 0 Å². The van der Waals surface area contributed by atoms with Crippen molar-refractivity contribution in [2.24, 2.45) is 17.8 Å². The zero-order valence-electron chi connectivity index (χ0n) is 16.0. The van der Waals surface area contributed by atoms with Crippen LogP contribution in [0, 0.1) is 36.5 Å². The van der Waals surface area contributed by atoms with Crippen molar-refractivity contribution in [1.82, 2.24) is 0 Å². The van der Waals surface area contributed by atoms with Gasteiger partial charge in [-0.25, -0.2) is 4.39 Å². The van der Waals surface area contributed by atoms with Crippen LogP contribution in [-0.2, 0) is 37.1 Å². The maximum Gasteiger partial charge on any atom is 0.198 e. The van der Waals surface area contributed by atoms with Gasteiger partial charge >= 0.3 is 0 Å². The zero-order chi connectivity index (χ0) is 17.8. The summed E-state index contributed by atoms with van der Waals surface area (Å²) in [5.74, 6) is 0.706. The van der Waals surface area contributed by atoms with E-state index >= 15 is 0 Å². The van der Waals surface area contributed by atoms with E-state index in [1.807, 2.05) is 0 Å². The van der Waals surface area contributed by atoms with E-state index in [0.29, 0.717) is 5.56 Å². The maximum atomic E-state index is 14.3. The summed E-state index contributed by atoms with van der Waals surface area (Å²) >= 11 is 0. The van der Waals surface area contributed by atoms with Crippen LogP contribution < -0.4 is 4.74 Å². The molecule has 5 heteroatoms. The molecule has 148 valence electrons. The molecule has 0 bridgehead atoms. The number of hydrogen-bond donors (Lipinski definition) is 0. The molecule has 0 unspecified atom stereocenters. The van der Waals surface area contributed by atoms with Gasteiger partial charge in [0.15, 0.2) is 11.6 Å². The fraction of sp³-hybridized carbons (Fsp3) is 0.591. The monoisotopic (exact) mass is 449 g/mol. The molecule has 2 saturated carbocycles. The Morgan fingerprint density at radius 1 is 0.889 bits per heavy atom. The summed E-state index contributed by atoms with van der Waals surface area (Å²) in [4.78, 5) is 0. The summed E-state index contributed by atoms with van der Waals surface area (Å²) in [5.41, 5.74) is 0.508. The molecule has 0 spiro atoms. The molecule has 2 fully saturated rings. The van der Waals surface area contributed by atoms with Crippen molar-refractivity contribution >= 4 is 0 Å². The van der Waals surface area contributed by atoms with Crippen LogP contribution in [0.1, 0.15) is 69.8 Å². The summed E-state index contributed by atoms with van der Waals surface area (Å²) in [6.45, 7) is 2.10. The van der Waals surface area contributed by atoms with E-state index in [1.165, 1.54) is 31.7 Å². The minimum Gasteiger partial charge on any atom is -0.663 e. The molecule has 0 atom stereocenters. The zero-order valence-corrected chi connectivity index (χ0v) is 18.8. The average molecular weight is 449 g/mol. The van der Waals surface area contributed by atoms with E-state index in [9.17, 15) is 8.78 Å². The second-order valence-electron chi connectivity index (χ2n) is 7.74. The quantitative estimate of drug-likeness (QED) is 0.364. The van der Waals surface area contributed by atoms with Crippen LogP contribution in [0.4, 0.5) is 8.78 Å². The first-order valence-electron chi connectivity index (χ1n) is 9.66. The Kier molecular flexibility index (Phi) is 10.8. The number of halogens is 2. The van der Waals surface area contributed by atoms with Gasteiger partial charge in [-0.2, -0.15) is 11.5 Å². The molecule has 27 heavy (non-hydrogen) atoms. The maximum absolute atomic E-state index is 14.3. The number of allylic oxidation sites excluding steroid dienone is 2. The molecule has 2 aliphatic carbocycles. The van der Waals surface area contributed by atoms with E-state index in [2.05, 4.69) is 30.9 Å². The fourth-order valence-electron chi connectivity index (χ4n) is 4.96. The molecular weight excluding hydrogens is 420 g/mol. The van der Waals surface area contributed by atoms with Crippen LogP contribution in [0.15, 0.2) is 24.3 Å². The van der Waals surface area contributed by atoms with Gasteiger partial charge in [0.2, 0.25) is 0 Å². The minimum atomic E-state index is -0.906. The molecule has 0 aliphatic heterocycles. The third-order valence-corrected chi connectivity index (χ3v) is 6.39. The Balaban J connectivity index is 0.00000182. The predicted octanol–water partition coefficient (Wildman–Crippen LogP) is 6.79. The Hall–Kier alpha value is -0.211. The number of hydrogen-bond acceptors (Lipinski definition) is 1. The molecule has 3 rings (SSSR count). The van der Waals surface area contributed by atoms with E-state index in [4.69, 9.17) is 0 Å². The summed E-state index contributed by atoms with van der Waals surface area (Å²) < 4.78 is 32.9. The number of benzene rings is 1. The van der Waals surface area contributed by atoms with Gasteiger partial charge in [0.1, 0.15) is 5.75 Å². The largest absolute Gasteiger partial charge is 0.663 e. The predicted molar refractivity (Wildman–Crippen MR) is 97.3 cm³/mol. The Morgan fingerprint density at radius 2 is 1.44 bits per heavy atom. The fourth-order valence-corrected chi connectivity index (χ4v) is 4.96. The molecule has 0 saturated heterocycles. The Morgan fingerprint density at radius 3 is 1.96 bits per heavy atom. The second-order valence-corrected chi connectivity index (χ2v) is 7.74. The topological polar surface area (TPSA) is 9.23 Å². The second kappa shape index (κ2) is 11.7. The summed E-state index contributed by atoms with van der Waals surface area (Å²) in [7, 11) is 3.17. The Bertz CT molecular complexity index is 605. The molecule has 0 heterocycles.